The zero-order valence-corrected chi connectivity index (χ0v) is 26.8. The quantitative estimate of drug-likeness (QED) is 0.161. The van der Waals surface area contributed by atoms with E-state index in [2.05, 4.69) is 102 Å². The van der Waals surface area contributed by atoms with Gasteiger partial charge in [-0.15, -0.1) is 0 Å². The van der Waals surface area contributed by atoms with E-state index in [9.17, 15) is 4.79 Å². The second-order valence-corrected chi connectivity index (χ2v) is 18.0. The SMILES string of the molecule is CC(C)(C)OC(=O)C1(Cc2cccc(Br)n2)CCC(O[Si](c2ccccc2)(c2ccccc2)C(C)(C)C)CC1. The number of pyridine rings is 1. The third-order valence-electron chi connectivity index (χ3n) is 7.77. The van der Waals surface area contributed by atoms with E-state index in [1.165, 1.54) is 10.4 Å². The molecule has 1 heterocycles. The number of nitrogens with zero attached hydrogens (tertiary/aromatic N) is 1. The summed E-state index contributed by atoms with van der Waals surface area (Å²) < 4.78 is 14.2. The molecule has 0 N–H and O–H groups in total. The molecular formula is C33H42BrNO3Si. The first-order valence-electron chi connectivity index (χ1n) is 14.0. The molecular weight excluding hydrogens is 566 g/mol. The second kappa shape index (κ2) is 11.7. The Balaban J connectivity index is 1.66. The second-order valence-electron chi connectivity index (χ2n) is 12.9. The van der Waals surface area contributed by atoms with Crippen molar-refractivity contribution in [2.45, 2.75) is 90.4 Å². The molecule has 0 bridgehead atoms. The highest BCUT2D eigenvalue weighted by Crippen LogP contribution is 2.45. The summed E-state index contributed by atoms with van der Waals surface area (Å²) in [5.41, 5.74) is -0.259. The van der Waals surface area contributed by atoms with Gasteiger partial charge in [0.15, 0.2) is 0 Å². The number of hydrogen-bond donors (Lipinski definition) is 0. The zero-order chi connectivity index (χ0) is 28.3. The van der Waals surface area contributed by atoms with Crippen molar-refractivity contribution in [2.24, 2.45) is 5.41 Å². The normalized spacial score (nSPS) is 20.4. The van der Waals surface area contributed by atoms with Crippen LogP contribution in [0.5, 0.6) is 0 Å². The largest absolute Gasteiger partial charge is 0.460 e. The molecule has 4 rings (SSSR count). The minimum Gasteiger partial charge on any atom is -0.460 e. The van der Waals surface area contributed by atoms with E-state index in [0.29, 0.717) is 19.3 Å². The van der Waals surface area contributed by atoms with Crippen LogP contribution >= 0.6 is 15.9 Å². The molecule has 1 aromatic heterocycles. The molecule has 0 aliphatic heterocycles. The van der Waals surface area contributed by atoms with Crippen molar-refractivity contribution in [1.82, 2.24) is 4.98 Å². The number of halogens is 1. The molecule has 0 spiro atoms. The number of esters is 1. The maximum absolute atomic E-state index is 13.7. The number of carbonyl (C=O) groups excluding carboxylic acids is 1. The summed E-state index contributed by atoms with van der Waals surface area (Å²) in [5, 5.41) is 2.48. The van der Waals surface area contributed by atoms with Gasteiger partial charge in [0, 0.05) is 18.2 Å². The standard InChI is InChI=1S/C33H42BrNO3Si/c1-31(2,3)37-30(36)33(24-25-14-13-19-29(34)35-25)22-20-26(21-23-33)38-39(32(4,5)6,27-15-9-7-10-16-27)28-17-11-8-12-18-28/h7-19,26H,20-24H2,1-6H3. The molecule has 2 aromatic carbocycles. The predicted octanol–water partition coefficient (Wildman–Crippen LogP) is 7.23. The Kier molecular flexibility index (Phi) is 8.89. The van der Waals surface area contributed by atoms with Crippen LogP contribution in [0.2, 0.25) is 5.04 Å². The molecule has 1 aliphatic rings. The molecule has 1 saturated carbocycles. The summed E-state index contributed by atoms with van der Waals surface area (Å²) in [6.45, 7) is 12.7. The monoisotopic (exact) mass is 607 g/mol. The minimum absolute atomic E-state index is 0.0577. The van der Waals surface area contributed by atoms with Crippen LogP contribution in [0.1, 0.15) is 72.9 Å². The minimum atomic E-state index is -2.66. The number of benzene rings is 2. The van der Waals surface area contributed by atoms with Gasteiger partial charge in [-0.2, -0.15) is 0 Å². The summed E-state index contributed by atoms with van der Waals surface area (Å²) in [6.07, 6.45) is 3.64. The van der Waals surface area contributed by atoms with E-state index in [4.69, 9.17) is 9.16 Å². The van der Waals surface area contributed by atoms with Crippen molar-refractivity contribution in [1.29, 1.82) is 0 Å². The fraction of sp³-hybridized carbons (Fsp3) is 0.455. The Morgan fingerprint density at radius 2 is 1.41 bits per heavy atom. The Morgan fingerprint density at radius 1 is 0.872 bits per heavy atom. The van der Waals surface area contributed by atoms with E-state index in [-0.39, 0.29) is 17.1 Å². The van der Waals surface area contributed by atoms with Crippen LogP contribution in [-0.4, -0.2) is 31.0 Å². The summed E-state index contributed by atoms with van der Waals surface area (Å²) in [7, 11) is -2.66. The molecule has 0 saturated heterocycles. The fourth-order valence-corrected chi connectivity index (χ4v) is 11.1. The van der Waals surface area contributed by atoms with Crippen molar-refractivity contribution >= 4 is 40.6 Å². The Morgan fingerprint density at radius 3 is 1.87 bits per heavy atom. The molecule has 1 fully saturated rings. The summed E-state index contributed by atoms with van der Waals surface area (Å²) in [4.78, 5) is 18.4. The van der Waals surface area contributed by atoms with Crippen molar-refractivity contribution in [3.8, 4) is 0 Å². The van der Waals surface area contributed by atoms with E-state index in [1.54, 1.807) is 0 Å². The molecule has 6 heteroatoms. The summed E-state index contributed by atoms with van der Waals surface area (Å²) in [5.74, 6) is -0.124. The van der Waals surface area contributed by atoms with Gasteiger partial charge in [0.05, 0.1) is 5.41 Å². The van der Waals surface area contributed by atoms with Crippen molar-refractivity contribution in [3.63, 3.8) is 0 Å². The number of carbonyl (C=O) groups is 1. The molecule has 39 heavy (non-hydrogen) atoms. The van der Waals surface area contributed by atoms with E-state index in [1.807, 2.05) is 39.0 Å². The van der Waals surface area contributed by atoms with Crippen LogP contribution in [0.3, 0.4) is 0 Å². The van der Waals surface area contributed by atoms with Gasteiger partial charge in [0.1, 0.15) is 10.2 Å². The van der Waals surface area contributed by atoms with Crippen LogP contribution in [0.25, 0.3) is 0 Å². The fourth-order valence-electron chi connectivity index (χ4n) is 5.94. The van der Waals surface area contributed by atoms with E-state index < -0.39 is 19.3 Å². The molecule has 0 unspecified atom stereocenters. The Labute approximate surface area is 243 Å². The molecule has 0 radical (unpaired) electrons. The number of aromatic nitrogens is 1. The van der Waals surface area contributed by atoms with Gasteiger partial charge in [-0.05, 0) is 89.9 Å². The zero-order valence-electron chi connectivity index (χ0n) is 24.2. The number of ether oxygens (including phenoxy) is 1. The average molecular weight is 609 g/mol. The smallest absolute Gasteiger partial charge is 0.312 e. The average Bonchev–Trinajstić information content (AvgIpc) is 2.87. The summed E-state index contributed by atoms with van der Waals surface area (Å²) in [6, 6.07) is 27.5. The van der Waals surface area contributed by atoms with E-state index in [0.717, 1.165) is 23.1 Å². The molecule has 1 aliphatic carbocycles. The maximum Gasteiger partial charge on any atom is 0.312 e. The third-order valence-corrected chi connectivity index (χ3v) is 13.3. The Bertz CT molecular complexity index is 1200. The van der Waals surface area contributed by atoms with Crippen molar-refractivity contribution in [3.05, 3.63) is 89.2 Å². The van der Waals surface area contributed by atoms with Crippen LogP contribution in [0.4, 0.5) is 0 Å². The van der Waals surface area contributed by atoms with Crippen LogP contribution in [-0.2, 0) is 20.4 Å². The molecule has 3 aromatic rings. The van der Waals surface area contributed by atoms with Gasteiger partial charge < -0.3 is 9.16 Å². The lowest BCUT2D eigenvalue weighted by Gasteiger charge is -2.47. The van der Waals surface area contributed by atoms with Crippen molar-refractivity contribution in [2.75, 3.05) is 0 Å². The first-order valence-corrected chi connectivity index (χ1v) is 16.7. The van der Waals surface area contributed by atoms with Gasteiger partial charge in [0.2, 0.25) is 0 Å². The predicted molar refractivity (Wildman–Crippen MR) is 165 cm³/mol. The van der Waals surface area contributed by atoms with Gasteiger partial charge in [-0.1, -0.05) is 87.5 Å². The van der Waals surface area contributed by atoms with E-state index >= 15 is 0 Å². The lowest BCUT2D eigenvalue weighted by atomic mass is 9.70. The number of rotatable bonds is 7. The van der Waals surface area contributed by atoms with Gasteiger partial charge in [-0.3, -0.25) is 4.79 Å². The molecule has 0 amide bonds. The van der Waals surface area contributed by atoms with Crippen LogP contribution in [0.15, 0.2) is 83.5 Å². The lowest BCUT2D eigenvalue weighted by Crippen LogP contribution is -2.68. The Hall–Kier alpha value is -2.28. The summed E-state index contributed by atoms with van der Waals surface area (Å²) >= 11 is 3.49. The molecule has 208 valence electrons. The highest BCUT2D eigenvalue weighted by atomic mass is 79.9. The lowest BCUT2D eigenvalue weighted by molar-refractivity contribution is -0.171. The molecule has 4 nitrogen and oxygen atoms in total. The third kappa shape index (κ3) is 6.72. The highest BCUT2D eigenvalue weighted by Gasteiger charge is 2.53. The van der Waals surface area contributed by atoms with Crippen LogP contribution < -0.4 is 10.4 Å². The maximum atomic E-state index is 13.7. The number of hydrogen-bond acceptors (Lipinski definition) is 4. The van der Waals surface area contributed by atoms with Gasteiger partial charge in [-0.25, -0.2) is 4.98 Å². The first-order chi connectivity index (χ1) is 18.3. The molecule has 0 atom stereocenters. The van der Waals surface area contributed by atoms with Crippen LogP contribution in [0, 0.1) is 5.41 Å². The van der Waals surface area contributed by atoms with Gasteiger partial charge in [0.25, 0.3) is 8.32 Å². The van der Waals surface area contributed by atoms with Crippen molar-refractivity contribution < 1.29 is 14.0 Å². The highest BCUT2D eigenvalue weighted by molar-refractivity contribution is 9.10. The first kappa shape index (κ1) is 29.7. The van der Waals surface area contributed by atoms with Gasteiger partial charge >= 0.3 is 5.97 Å². The topological polar surface area (TPSA) is 48.4 Å².